The number of para-hydroxylation sites is 1. The van der Waals surface area contributed by atoms with Gasteiger partial charge >= 0.3 is 11.9 Å². The van der Waals surface area contributed by atoms with Crippen LogP contribution in [0.4, 0.5) is 8.78 Å². The number of rotatable bonds is 5. The highest BCUT2D eigenvalue weighted by Gasteiger charge is 2.44. The highest BCUT2D eigenvalue weighted by Crippen LogP contribution is 2.26. The average Bonchev–Trinajstić information content (AvgIpc) is 2.93. The lowest BCUT2D eigenvalue weighted by atomic mass is 9.90. The minimum absolute atomic E-state index is 0.0935. The van der Waals surface area contributed by atoms with Crippen molar-refractivity contribution < 1.29 is 52.4 Å². The van der Waals surface area contributed by atoms with Crippen molar-refractivity contribution in [3.05, 3.63) is 58.4 Å². The summed E-state index contributed by atoms with van der Waals surface area (Å²) >= 11 is 0. The number of aliphatic hydroxyl groups excluding tert-OH is 1. The standard InChI is InChI=1S/C29H33F2N3O9/c1-12-18(14(3)32-25(31)21(12)30)9-19-23(36)13(2)28(39)43-24(16-10-41-11-16)29(40)42-15(4)22(27(38)33-19)34-26(37)17-7-5-6-8-20(17)35/h5-8,13,15-16,19,22-24,35-36H,9-11H2,1-4H3,(H,33,38)(H,34,37)/t13-,15-,19+,22+,23+,24?/m1/s1. The van der Waals surface area contributed by atoms with Crippen LogP contribution >= 0.6 is 0 Å². The number of nitrogens with one attached hydrogen (secondary N) is 2. The Morgan fingerprint density at radius 2 is 1.77 bits per heavy atom. The van der Waals surface area contributed by atoms with Crippen molar-refractivity contribution in [2.24, 2.45) is 11.8 Å². The maximum atomic E-state index is 14.5. The summed E-state index contributed by atoms with van der Waals surface area (Å²) in [6.45, 7) is 5.57. The SMILES string of the molecule is Cc1nc(F)c(F)c(C)c1C[C@@H]1NC(=O)[C@@H](NC(=O)c2ccccc2O)[C@@H](C)OC(=O)C(C2COC2)OC(=O)[C@H](C)[C@@H]1O. The number of carbonyl (C=O) groups excluding carboxylic acids is 4. The van der Waals surface area contributed by atoms with Crippen LogP contribution in [0.2, 0.25) is 0 Å². The zero-order valence-corrected chi connectivity index (χ0v) is 23.9. The van der Waals surface area contributed by atoms with Crippen LogP contribution in [0.15, 0.2) is 24.3 Å². The minimum Gasteiger partial charge on any atom is -0.507 e. The molecule has 4 rings (SSSR count). The van der Waals surface area contributed by atoms with E-state index in [0.717, 1.165) is 0 Å². The number of aliphatic hydroxyl groups is 1. The number of cyclic esters (lactones) is 2. The predicted molar refractivity (Wildman–Crippen MR) is 144 cm³/mol. The molecule has 12 nitrogen and oxygen atoms in total. The Labute approximate surface area is 245 Å². The summed E-state index contributed by atoms with van der Waals surface area (Å²) in [5.74, 6) is -8.49. The molecule has 4 N–H and O–H groups in total. The van der Waals surface area contributed by atoms with Crippen LogP contribution < -0.4 is 10.6 Å². The number of ether oxygens (including phenoxy) is 3. The fraction of sp³-hybridized carbons (Fsp3) is 0.483. The third-order valence-corrected chi connectivity index (χ3v) is 7.77. The van der Waals surface area contributed by atoms with Crippen LogP contribution in [-0.2, 0) is 35.0 Å². The first-order chi connectivity index (χ1) is 20.3. The molecule has 1 aromatic carbocycles. The van der Waals surface area contributed by atoms with Crippen LogP contribution in [-0.4, -0.2) is 82.6 Å². The summed E-state index contributed by atoms with van der Waals surface area (Å²) in [5.41, 5.74) is -0.00199. The molecule has 0 bridgehead atoms. The second kappa shape index (κ2) is 13.0. The largest absolute Gasteiger partial charge is 0.507 e. The van der Waals surface area contributed by atoms with Gasteiger partial charge in [0.1, 0.15) is 17.9 Å². The van der Waals surface area contributed by atoms with Gasteiger partial charge in [0.2, 0.25) is 18.0 Å². The highest BCUT2D eigenvalue weighted by atomic mass is 19.2. The van der Waals surface area contributed by atoms with E-state index in [1.54, 1.807) is 0 Å². The molecule has 0 aliphatic carbocycles. The third-order valence-electron chi connectivity index (χ3n) is 7.77. The normalized spacial score (nSPS) is 27.1. The first-order valence-electron chi connectivity index (χ1n) is 13.7. The number of hydrogen-bond acceptors (Lipinski definition) is 10. The number of aromatic hydroxyl groups is 1. The number of halogens is 2. The van der Waals surface area contributed by atoms with Gasteiger partial charge in [-0.3, -0.25) is 14.4 Å². The molecule has 2 aliphatic rings. The van der Waals surface area contributed by atoms with Crippen LogP contribution in [0, 0.1) is 37.4 Å². The quantitative estimate of drug-likeness (QED) is 0.285. The van der Waals surface area contributed by atoms with E-state index >= 15 is 0 Å². The van der Waals surface area contributed by atoms with Crippen LogP contribution in [0.1, 0.15) is 41.0 Å². The van der Waals surface area contributed by atoms with Crippen LogP contribution in [0.5, 0.6) is 5.75 Å². The molecule has 2 aliphatic heterocycles. The zero-order valence-electron chi connectivity index (χ0n) is 23.9. The molecule has 2 saturated heterocycles. The van der Waals surface area contributed by atoms with Gasteiger partial charge in [0.15, 0.2) is 5.82 Å². The molecule has 3 heterocycles. The molecule has 1 unspecified atom stereocenters. The summed E-state index contributed by atoms with van der Waals surface area (Å²) in [7, 11) is 0. The van der Waals surface area contributed by atoms with E-state index in [0.29, 0.717) is 0 Å². The second-order valence-electron chi connectivity index (χ2n) is 10.8. The lowest BCUT2D eigenvalue weighted by molar-refractivity contribution is -0.192. The smallest absolute Gasteiger partial charge is 0.348 e. The number of carbonyl (C=O) groups is 4. The monoisotopic (exact) mass is 605 g/mol. The number of phenolic OH excluding ortho intramolecular Hbond substituents is 1. The van der Waals surface area contributed by atoms with Crippen molar-refractivity contribution in [3.63, 3.8) is 0 Å². The average molecular weight is 606 g/mol. The van der Waals surface area contributed by atoms with Crippen LogP contribution in [0.3, 0.4) is 0 Å². The van der Waals surface area contributed by atoms with E-state index in [1.165, 1.54) is 52.0 Å². The zero-order chi connectivity index (χ0) is 31.6. The number of phenols is 1. The number of aryl methyl sites for hydroxylation is 1. The summed E-state index contributed by atoms with van der Waals surface area (Å²) in [5, 5.41) is 26.5. The summed E-state index contributed by atoms with van der Waals surface area (Å²) < 4.78 is 44.5. The van der Waals surface area contributed by atoms with Gasteiger partial charge in [-0.15, -0.1) is 0 Å². The van der Waals surface area contributed by atoms with Crippen molar-refractivity contribution in [2.45, 2.75) is 64.5 Å². The predicted octanol–water partition coefficient (Wildman–Crippen LogP) is 1.01. The molecule has 43 heavy (non-hydrogen) atoms. The molecule has 1 aromatic heterocycles. The third kappa shape index (κ3) is 6.75. The molecular weight excluding hydrogens is 572 g/mol. The maximum Gasteiger partial charge on any atom is 0.348 e. The fourth-order valence-electron chi connectivity index (χ4n) is 4.96. The number of esters is 2. The fourth-order valence-corrected chi connectivity index (χ4v) is 4.96. The Morgan fingerprint density at radius 1 is 1.09 bits per heavy atom. The van der Waals surface area contributed by atoms with Gasteiger partial charge in [-0.25, -0.2) is 14.2 Å². The number of benzene rings is 1. The van der Waals surface area contributed by atoms with Gasteiger partial charge in [0, 0.05) is 5.69 Å². The summed E-state index contributed by atoms with van der Waals surface area (Å²) in [6, 6.07) is 2.70. The maximum absolute atomic E-state index is 14.5. The number of pyridine rings is 1. The first-order valence-corrected chi connectivity index (χ1v) is 13.7. The van der Waals surface area contributed by atoms with Gasteiger partial charge in [0.25, 0.3) is 5.91 Å². The van der Waals surface area contributed by atoms with Crippen molar-refractivity contribution in [3.8, 4) is 5.75 Å². The Bertz CT molecular complexity index is 1420. The molecule has 2 amide bonds. The highest BCUT2D eigenvalue weighted by molar-refractivity contribution is 6.00. The first kappa shape index (κ1) is 31.8. The Balaban J connectivity index is 1.73. The minimum atomic E-state index is -1.65. The molecule has 2 fully saturated rings. The van der Waals surface area contributed by atoms with Gasteiger partial charge in [-0.1, -0.05) is 12.1 Å². The van der Waals surface area contributed by atoms with E-state index in [2.05, 4.69) is 15.6 Å². The van der Waals surface area contributed by atoms with Crippen molar-refractivity contribution in [2.75, 3.05) is 13.2 Å². The van der Waals surface area contributed by atoms with Crippen molar-refractivity contribution in [1.29, 1.82) is 0 Å². The number of aromatic nitrogens is 1. The molecule has 0 spiro atoms. The summed E-state index contributed by atoms with van der Waals surface area (Å²) in [4.78, 5) is 56.6. The Hall–Kier alpha value is -4.17. The lowest BCUT2D eigenvalue weighted by Crippen LogP contribution is -2.60. The Morgan fingerprint density at radius 3 is 2.40 bits per heavy atom. The van der Waals surface area contributed by atoms with E-state index in [4.69, 9.17) is 14.2 Å². The second-order valence-corrected chi connectivity index (χ2v) is 10.8. The van der Waals surface area contributed by atoms with E-state index in [9.17, 15) is 38.2 Å². The molecular formula is C29H33F2N3O9. The molecule has 232 valence electrons. The number of nitrogens with zero attached hydrogens (tertiary/aromatic N) is 1. The topological polar surface area (TPSA) is 173 Å². The van der Waals surface area contributed by atoms with Gasteiger partial charge in [0.05, 0.1) is 42.8 Å². The molecule has 6 atom stereocenters. The summed E-state index contributed by atoms with van der Waals surface area (Å²) in [6.07, 6.45) is -4.70. The number of hydrogen-bond donors (Lipinski definition) is 4. The lowest BCUT2D eigenvalue weighted by Gasteiger charge is -2.36. The van der Waals surface area contributed by atoms with Crippen molar-refractivity contribution in [1.82, 2.24) is 15.6 Å². The van der Waals surface area contributed by atoms with Gasteiger partial charge in [-0.2, -0.15) is 4.39 Å². The molecule has 0 radical (unpaired) electrons. The van der Waals surface area contributed by atoms with E-state index in [-0.39, 0.29) is 47.8 Å². The molecule has 0 saturated carbocycles. The number of amides is 2. The van der Waals surface area contributed by atoms with Crippen LogP contribution in [0.25, 0.3) is 0 Å². The van der Waals surface area contributed by atoms with E-state index in [1.807, 2.05) is 0 Å². The Kier molecular flexibility index (Phi) is 9.60. The van der Waals surface area contributed by atoms with Gasteiger partial charge in [-0.05, 0) is 57.4 Å². The molecule has 2 aromatic rings. The van der Waals surface area contributed by atoms with E-state index < -0.39 is 77.7 Å². The molecule has 14 heteroatoms. The van der Waals surface area contributed by atoms with Crippen molar-refractivity contribution >= 4 is 23.8 Å². The van der Waals surface area contributed by atoms with Gasteiger partial charge < -0.3 is 35.1 Å².